The first kappa shape index (κ1) is 26.2. The summed E-state index contributed by atoms with van der Waals surface area (Å²) < 4.78 is 6.06. The number of carboxylic acid groups (broad SMARTS) is 1. The smallest absolute Gasteiger partial charge is 0.328 e. The molecule has 3 atom stereocenters. The van der Waals surface area contributed by atoms with Crippen molar-refractivity contribution in [2.24, 2.45) is 16.7 Å². The van der Waals surface area contributed by atoms with Gasteiger partial charge in [-0.3, -0.25) is 4.79 Å². The molecule has 32 heavy (non-hydrogen) atoms. The van der Waals surface area contributed by atoms with Crippen molar-refractivity contribution in [2.45, 2.75) is 98.5 Å². The first-order valence-corrected chi connectivity index (χ1v) is 12.4. The molecule has 3 unspecified atom stereocenters. The Kier molecular flexibility index (Phi) is 9.54. The minimum atomic E-state index is -0.948. The van der Waals surface area contributed by atoms with E-state index in [9.17, 15) is 9.59 Å². The van der Waals surface area contributed by atoms with Gasteiger partial charge in [-0.2, -0.15) is 0 Å². The van der Waals surface area contributed by atoms with Crippen molar-refractivity contribution < 1.29 is 19.4 Å². The molecule has 0 radical (unpaired) electrons. The van der Waals surface area contributed by atoms with Gasteiger partial charge in [-0.05, 0) is 55.6 Å². The van der Waals surface area contributed by atoms with Crippen molar-refractivity contribution >= 4 is 17.8 Å². The second-order valence-corrected chi connectivity index (χ2v) is 10.1. The van der Waals surface area contributed by atoms with Gasteiger partial charge in [0, 0.05) is 23.5 Å². The average Bonchev–Trinajstić information content (AvgIpc) is 3.08. The normalized spacial score (nSPS) is 24.3. The van der Waals surface area contributed by atoms with Crippen molar-refractivity contribution in [1.82, 2.24) is 0 Å². The summed E-state index contributed by atoms with van der Waals surface area (Å²) in [7, 11) is 0. The number of hydrogen-bond donors (Lipinski definition) is 1. The van der Waals surface area contributed by atoms with Crippen LogP contribution in [0, 0.1) is 16.7 Å². The lowest BCUT2D eigenvalue weighted by Crippen LogP contribution is -2.32. The van der Waals surface area contributed by atoms with Gasteiger partial charge in [0.15, 0.2) is 0 Å². The Bertz CT molecular complexity index is 794. The van der Waals surface area contributed by atoms with Gasteiger partial charge in [-0.15, -0.1) is 0 Å². The monoisotopic (exact) mass is 442 g/mol. The van der Waals surface area contributed by atoms with E-state index in [1.54, 1.807) is 6.08 Å². The zero-order chi connectivity index (χ0) is 23.8. The molecule has 2 bridgehead atoms. The molecule has 2 saturated carbocycles. The molecule has 2 aliphatic rings. The van der Waals surface area contributed by atoms with Gasteiger partial charge in [0.05, 0.1) is 6.10 Å². The highest BCUT2D eigenvalue weighted by molar-refractivity contribution is 5.89. The van der Waals surface area contributed by atoms with Gasteiger partial charge in [-0.25, -0.2) is 4.79 Å². The molecule has 0 heterocycles. The van der Waals surface area contributed by atoms with E-state index in [2.05, 4.69) is 34.6 Å². The molecule has 0 amide bonds. The van der Waals surface area contributed by atoms with Crippen LogP contribution in [0.25, 0.3) is 6.08 Å². The number of Topliss-reactive ketones (excluding diaryl/α,β-unsaturated/α-hetero) is 1. The van der Waals surface area contributed by atoms with E-state index in [0.717, 1.165) is 43.1 Å². The fourth-order valence-corrected chi connectivity index (χ4v) is 5.11. The summed E-state index contributed by atoms with van der Waals surface area (Å²) >= 11 is 0. The number of aliphatic carboxylic acids is 1. The van der Waals surface area contributed by atoms with Crippen LogP contribution in [0.2, 0.25) is 0 Å². The zero-order valence-corrected chi connectivity index (χ0v) is 20.7. The Morgan fingerprint density at radius 1 is 1.19 bits per heavy atom. The zero-order valence-electron chi connectivity index (χ0n) is 20.7. The van der Waals surface area contributed by atoms with Crippen LogP contribution in [0.3, 0.4) is 0 Å². The number of carbonyl (C=O) groups is 2. The Labute approximate surface area is 194 Å². The fourth-order valence-electron chi connectivity index (χ4n) is 5.11. The van der Waals surface area contributed by atoms with E-state index in [4.69, 9.17) is 9.84 Å². The number of carbonyl (C=O) groups excluding carboxylic acids is 1. The third-order valence-corrected chi connectivity index (χ3v) is 7.94. The van der Waals surface area contributed by atoms with Crippen LogP contribution >= 0.6 is 0 Å². The molecule has 0 spiro atoms. The number of ketones is 1. The van der Waals surface area contributed by atoms with E-state index < -0.39 is 5.97 Å². The molecule has 1 aromatic rings. The molecular formula is C28H42O4. The lowest BCUT2D eigenvalue weighted by Gasteiger charge is -2.32. The second kappa shape index (κ2) is 11.7. The Morgan fingerprint density at radius 2 is 1.91 bits per heavy atom. The molecule has 2 aliphatic carbocycles. The van der Waals surface area contributed by atoms with E-state index in [-0.39, 0.29) is 16.9 Å². The van der Waals surface area contributed by atoms with Gasteiger partial charge in [0.1, 0.15) is 11.5 Å². The van der Waals surface area contributed by atoms with Crippen LogP contribution in [0.15, 0.2) is 30.3 Å². The molecule has 0 aliphatic heterocycles. The minimum absolute atomic E-state index is 0.0255. The van der Waals surface area contributed by atoms with Gasteiger partial charge in [0.2, 0.25) is 0 Å². The van der Waals surface area contributed by atoms with Crippen LogP contribution < -0.4 is 4.74 Å². The maximum Gasteiger partial charge on any atom is 0.328 e. The van der Waals surface area contributed by atoms with Crippen molar-refractivity contribution in [3.05, 3.63) is 35.9 Å². The SMILES string of the molecule is CC12CCC(CC1=O)C2(C)C.CCCCCCC(CC)Oc1ccccc1/C=C/C(=O)O. The number of rotatable bonds is 10. The number of unbranched alkanes of at least 4 members (excludes halogenated alkanes) is 3. The molecule has 1 N–H and O–H groups in total. The summed E-state index contributed by atoms with van der Waals surface area (Å²) in [5.41, 5.74) is 1.12. The van der Waals surface area contributed by atoms with E-state index >= 15 is 0 Å². The van der Waals surface area contributed by atoms with Gasteiger partial charge in [-0.1, -0.05) is 72.1 Å². The number of para-hydroxylation sites is 1. The summed E-state index contributed by atoms with van der Waals surface area (Å²) in [6.07, 6.45) is 13.1. The van der Waals surface area contributed by atoms with Gasteiger partial charge < -0.3 is 9.84 Å². The second-order valence-electron chi connectivity index (χ2n) is 10.1. The first-order chi connectivity index (χ1) is 15.2. The van der Waals surface area contributed by atoms with Crippen LogP contribution in [0.5, 0.6) is 5.75 Å². The summed E-state index contributed by atoms with van der Waals surface area (Å²) in [5.74, 6) is 1.01. The number of benzene rings is 1. The standard InChI is InChI=1S/C18H26O3.C10H16O/c1-3-5-6-7-11-16(4-2)21-17-12-9-8-10-15(17)13-14-18(19)20;1-9(2)7-4-5-10(9,3)8(11)6-7/h8-10,12-14,16H,3-7,11H2,1-2H3,(H,19,20);7H,4-6H2,1-3H3/b14-13+;. The van der Waals surface area contributed by atoms with Crippen molar-refractivity contribution in [3.63, 3.8) is 0 Å². The summed E-state index contributed by atoms with van der Waals surface area (Å²) in [5, 5.41) is 8.73. The Morgan fingerprint density at radius 3 is 2.41 bits per heavy atom. The lowest BCUT2D eigenvalue weighted by molar-refractivity contribution is -0.131. The maximum atomic E-state index is 11.6. The molecule has 3 rings (SSSR count). The first-order valence-electron chi connectivity index (χ1n) is 12.4. The predicted octanol–water partition coefficient (Wildman–Crippen LogP) is 7.31. The molecule has 0 saturated heterocycles. The molecular weight excluding hydrogens is 400 g/mol. The number of carboxylic acids is 1. The molecule has 1 aromatic carbocycles. The average molecular weight is 443 g/mol. The number of hydrogen-bond acceptors (Lipinski definition) is 3. The number of fused-ring (bicyclic) bond motifs is 2. The third kappa shape index (κ3) is 6.24. The van der Waals surface area contributed by atoms with Crippen LogP contribution in [-0.4, -0.2) is 23.0 Å². The molecule has 4 heteroatoms. The fraction of sp³-hybridized carbons (Fsp3) is 0.643. The van der Waals surface area contributed by atoms with Gasteiger partial charge >= 0.3 is 5.97 Å². The van der Waals surface area contributed by atoms with E-state index in [1.807, 2.05) is 24.3 Å². The lowest BCUT2D eigenvalue weighted by atomic mass is 9.70. The van der Waals surface area contributed by atoms with E-state index in [1.165, 1.54) is 32.1 Å². The highest BCUT2D eigenvalue weighted by Crippen LogP contribution is 2.63. The molecule has 0 aromatic heterocycles. The quantitative estimate of drug-likeness (QED) is 0.305. The third-order valence-electron chi connectivity index (χ3n) is 7.94. The Hall–Kier alpha value is -2.10. The van der Waals surface area contributed by atoms with Crippen LogP contribution in [0.4, 0.5) is 0 Å². The maximum absolute atomic E-state index is 11.6. The van der Waals surface area contributed by atoms with Crippen LogP contribution in [0.1, 0.15) is 98.0 Å². The van der Waals surface area contributed by atoms with Crippen molar-refractivity contribution in [2.75, 3.05) is 0 Å². The van der Waals surface area contributed by atoms with Gasteiger partial charge in [0.25, 0.3) is 0 Å². The topological polar surface area (TPSA) is 63.6 Å². The van der Waals surface area contributed by atoms with Crippen molar-refractivity contribution in [1.29, 1.82) is 0 Å². The summed E-state index contributed by atoms with van der Waals surface area (Å²) in [4.78, 5) is 22.2. The largest absolute Gasteiger partial charge is 0.490 e. The van der Waals surface area contributed by atoms with Crippen LogP contribution in [-0.2, 0) is 9.59 Å². The summed E-state index contributed by atoms with van der Waals surface area (Å²) in [6.45, 7) is 11.0. The van der Waals surface area contributed by atoms with E-state index in [0.29, 0.717) is 11.7 Å². The molecule has 178 valence electrons. The minimum Gasteiger partial charge on any atom is -0.490 e. The Balaban J connectivity index is 0.000000273. The predicted molar refractivity (Wildman–Crippen MR) is 131 cm³/mol. The van der Waals surface area contributed by atoms with Crippen molar-refractivity contribution in [3.8, 4) is 5.75 Å². The molecule has 4 nitrogen and oxygen atoms in total. The highest BCUT2D eigenvalue weighted by Gasteiger charge is 2.61. The molecule has 2 fully saturated rings. The summed E-state index contributed by atoms with van der Waals surface area (Å²) in [6, 6.07) is 7.57. The highest BCUT2D eigenvalue weighted by atomic mass is 16.5. The number of ether oxygens (including phenoxy) is 1.